The lowest BCUT2D eigenvalue weighted by Crippen LogP contribution is -2.52. The molecule has 1 saturated heterocycles. The highest BCUT2D eigenvalue weighted by Gasteiger charge is 2.33. The van der Waals surface area contributed by atoms with Crippen molar-refractivity contribution in [2.24, 2.45) is 11.1 Å². The van der Waals surface area contributed by atoms with E-state index in [0.717, 1.165) is 31.7 Å². The molecule has 1 aliphatic heterocycles. The second-order valence-corrected chi connectivity index (χ2v) is 6.73. The maximum atomic E-state index is 6.21. The number of nitrogens with two attached hydrogens (primary N) is 1. The molecular weight excluding hydrogens is 260 g/mol. The van der Waals surface area contributed by atoms with Crippen LogP contribution in [0, 0.1) is 5.41 Å². The van der Waals surface area contributed by atoms with Crippen LogP contribution in [-0.4, -0.2) is 33.6 Å². The summed E-state index contributed by atoms with van der Waals surface area (Å²) in [5.41, 5.74) is 8.91. The van der Waals surface area contributed by atoms with Gasteiger partial charge in [-0.25, -0.2) is 4.98 Å². The van der Waals surface area contributed by atoms with Crippen LogP contribution in [0.5, 0.6) is 0 Å². The van der Waals surface area contributed by atoms with Gasteiger partial charge in [-0.3, -0.25) is 4.90 Å². The fourth-order valence-corrected chi connectivity index (χ4v) is 3.06. The quantitative estimate of drug-likeness (QED) is 0.941. The van der Waals surface area contributed by atoms with Crippen molar-refractivity contribution in [3.8, 4) is 5.69 Å². The monoisotopic (exact) mass is 284 g/mol. The molecule has 0 spiro atoms. The summed E-state index contributed by atoms with van der Waals surface area (Å²) in [6, 6.07) is 9.03. The molecule has 0 saturated carbocycles. The third-order valence-electron chi connectivity index (χ3n) is 4.54. The van der Waals surface area contributed by atoms with E-state index in [2.05, 4.69) is 48.0 Å². The maximum absolute atomic E-state index is 6.21. The molecule has 3 rings (SSSR count). The van der Waals surface area contributed by atoms with Gasteiger partial charge in [0.2, 0.25) is 0 Å². The predicted molar refractivity (Wildman–Crippen MR) is 85.2 cm³/mol. The lowest BCUT2D eigenvalue weighted by atomic mass is 9.79. The fourth-order valence-electron chi connectivity index (χ4n) is 3.06. The van der Waals surface area contributed by atoms with E-state index in [9.17, 15) is 0 Å². The molecule has 1 aromatic heterocycles. The molecule has 1 fully saturated rings. The minimum Gasteiger partial charge on any atom is -0.327 e. The zero-order chi connectivity index (χ0) is 14.9. The highest BCUT2D eigenvalue weighted by molar-refractivity contribution is 5.34. The molecule has 1 aliphatic rings. The summed E-state index contributed by atoms with van der Waals surface area (Å²) in [5, 5.41) is 0. The van der Waals surface area contributed by atoms with Gasteiger partial charge in [0.05, 0.1) is 6.33 Å². The molecule has 0 bridgehead atoms. The van der Waals surface area contributed by atoms with Gasteiger partial charge in [-0.2, -0.15) is 0 Å². The van der Waals surface area contributed by atoms with E-state index in [4.69, 9.17) is 5.73 Å². The molecule has 4 heteroatoms. The third kappa shape index (κ3) is 3.17. The van der Waals surface area contributed by atoms with Gasteiger partial charge in [-0.05, 0) is 29.5 Å². The molecule has 0 aliphatic carbocycles. The van der Waals surface area contributed by atoms with Gasteiger partial charge in [-0.1, -0.05) is 26.0 Å². The topological polar surface area (TPSA) is 47.1 Å². The first-order valence-electron chi connectivity index (χ1n) is 7.60. The second kappa shape index (κ2) is 5.62. The summed E-state index contributed by atoms with van der Waals surface area (Å²) in [7, 11) is 0. The molecule has 2 aromatic rings. The van der Waals surface area contributed by atoms with E-state index in [0.29, 0.717) is 6.04 Å². The van der Waals surface area contributed by atoms with Crippen molar-refractivity contribution in [2.75, 3.05) is 13.1 Å². The Labute approximate surface area is 126 Å². The van der Waals surface area contributed by atoms with Gasteiger partial charge >= 0.3 is 0 Å². The number of nitrogens with zero attached hydrogens (tertiary/aromatic N) is 3. The van der Waals surface area contributed by atoms with Crippen LogP contribution in [0.2, 0.25) is 0 Å². The maximum Gasteiger partial charge on any atom is 0.0991 e. The summed E-state index contributed by atoms with van der Waals surface area (Å²) < 4.78 is 2.02. The Balaban J connectivity index is 1.66. The standard InChI is InChI=1S/C17H24N4/c1-17(2)12-20(9-7-16(17)18)11-14-3-5-15(6-4-14)21-10-8-19-13-21/h3-6,8,10,13,16H,7,9,11-12,18H2,1-2H3. The van der Waals surface area contributed by atoms with Gasteiger partial charge in [0.25, 0.3) is 0 Å². The Morgan fingerprint density at radius 3 is 2.67 bits per heavy atom. The number of hydrogen-bond acceptors (Lipinski definition) is 3. The summed E-state index contributed by atoms with van der Waals surface area (Å²) >= 11 is 0. The number of rotatable bonds is 3. The lowest BCUT2D eigenvalue weighted by Gasteiger charge is -2.42. The minimum absolute atomic E-state index is 0.203. The number of imidazole rings is 1. The summed E-state index contributed by atoms with van der Waals surface area (Å²) in [4.78, 5) is 6.59. The van der Waals surface area contributed by atoms with Crippen LogP contribution in [0.4, 0.5) is 0 Å². The van der Waals surface area contributed by atoms with Gasteiger partial charge in [0, 0.05) is 43.8 Å². The highest BCUT2D eigenvalue weighted by Crippen LogP contribution is 2.28. The lowest BCUT2D eigenvalue weighted by molar-refractivity contribution is 0.0899. The summed E-state index contributed by atoms with van der Waals surface area (Å²) in [5.74, 6) is 0. The fraction of sp³-hybridized carbons (Fsp3) is 0.471. The van der Waals surface area contributed by atoms with E-state index in [1.54, 1.807) is 6.20 Å². The Kier molecular flexibility index (Phi) is 3.83. The summed E-state index contributed by atoms with van der Waals surface area (Å²) in [6.45, 7) is 7.70. The number of piperidine rings is 1. The smallest absolute Gasteiger partial charge is 0.0991 e. The Hall–Kier alpha value is -1.65. The Morgan fingerprint density at radius 2 is 2.05 bits per heavy atom. The minimum atomic E-state index is 0.203. The molecule has 0 amide bonds. The van der Waals surface area contributed by atoms with Crippen LogP contribution in [0.3, 0.4) is 0 Å². The second-order valence-electron chi connectivity index (χ2n) is 6.73. The van der Waals surface area contributed by atoms with Crippen LogP contribution in [0.25, 0.3) is 5.69 Å². The zero-order valence-electron chi connectivity index (χ0n) is 12.9. The van der Waals surface area contributed by atoms with Crippen molar-refractivity contribution in [2.45, 2.75) is 32.9 Å². The predicted octanol–water partition coefficient (Wildman–Crippen LogP) is 2.43. The Morgan fingerprint density at radius 1 is 1.29 bits per heavy atom. The van der Waals surface area contributed by atoms with Crippen molar-refractivity contribution in [3.63, 3.8) is 0 Å². The van der Waals surface area contributed by atoms with Crippen molar-refractivity contribution in [1.82, 2.24) is 14.5 Å². The first-order valence-corrected chi connectivity index (χ1v) is 7.60. The third-order valence-corrected chi connectivity index (χ3v) is 4.54. The zero-order valence-corrected chi connectivity index (χ0v) is 12.9. The first kappa shape index (κ1) is 14.3. The average Bonchev–Trinajstić information content (AvgIpc) is 2.98. The Bertz CT molecular complexity index is 571. The van der Waals surface area contributed by atoms with Crippen molar-refractivity contribution in [3.05, 3.63) is 48.5 Å². The van der Waals surface area contributed by atoms with Crippen LogP contribution in [-0.2, 0) is 6.54 Å². The van der Waals surface area contributed by atoms with E-state index in [-0.39, 0.29) is 5.41 Å². The number of likely N-dealkylation sites (tertiary alicyclic amines) is 1. The molecule has 112 valence electrons. The van der Waals surface area contributed by atoms with Crippen molar-refractivity contribution >= 4 is 0 Å². The van der Waals surface area contributed by atoms with Crippen LogP contribution >= 0.6 is 0 Å². The molecular formula is C17H24N4. The highest BCUT2D eigenvalue weighted by atomic mass is 15.1. The van der Waals surface area contributed by atoms with Gasteiger partial charge in [0.1, 0.15) is 0 Å². The first-order chi connectivity index (χ1) is 10.0. The molecule has 1 atom stereocenters. The normalized spacial score (nSPS) is 22.3. The van der Waals surface area contributed by atoms with Gasteiger partial charge in [-0.15, -0.1) is 0 Å². The van der Waals surface area contributed by atoms with Crippen LogP contribution in [0.1, 0.15) is 25.8 Å². The summed E-state index contributed by atoms with van der Waals surface area (Å²) in [6.07, 6.45) is 6.67. The van der Waals surface area contributed by atoms with Gasteiger partial charge in [0.15, 0.2) is 0 Å². The molecule has 1 unspecified atom stereocenters. The van der Waals surface area contributed by atoms with E-state index in [1.165, 1.54) is 5.56 Å². The van der Waals surface area contributed by atoms with E-state index in [1.807, 2.05) is 17.1 Å². The van der Waals surface area contributed by atoms with Crippen LogP contribution < -0.4 is 5.73 Å². The molecule has 0 radical (unpaired) electrons. The van der Waals surface area contributed by atoms with E-state index >= 15 is 0 Å². The number of hydrogen-bond donors (Lipinski definition) is 1. The molecule has 4 nitrogen and oxygen atoms in total. The number of aromatic nitrogens is 2. The SMILES string of the molecule is CC1(C)CN(Cc2ccc(-n3ccnc3)cc2)CCC1N. The molecule has 21 heavy (non-hydrogen) atoms. The van der Waals surface area contributed by atoms with E-state index < -0.39 is 0 Å². The molecule has 2 heterocycles. The molecule has 2 N–H and O–H groups in total. The van der Waals surface area contributed by atoms with Crippen molar-refractivity contribution < 1.29 is 0 Å². The largest absolute Gasteiger partial charge is 0.327 e. The average molecular weight is 284 g/mol. The van der Waals surface area contributed by atoms with Crippen molar-refractivity contribution in [1.29, 1.82) is 0 Å². The molecule has 1 aromatic carbocycles. The van der Waals surface area contributed by atoms with Gasteiger partial charge < -0.3 is 10.3 Å². The number of benzene rings is 1. The van der Waals surface area contributed by atoms with Crippen LogP contribution in [0.15, 0.2) is 43.0 Å².